The molecule has 2 aromatic rings. The van der Waals surface area contributed by atoms with Crippen molar-refractivity contribution in [2.45, 2.75) is 70.9 Å². The number of nitrogens with zero attached hydrogens (tertiary/aromatic N) is 2. The van der Waals surface area contributed by atoms with E-state index in [1.54, 1.807) is 0 Å². The van der Waals surface area contributed by atoms with Crippen LogP contribution in [0.4, 0.5) is 0 Å². The molecule has 0 unspecified atom stereocenters. The lowest BCUT2D eigenvalue weighted by Gasteiger charge is -2.30. The SMILES string of the molecule is CCOC(=O)C1CCN(Cc2ccc3cc(OC4CCC5(CC4)CC5)ccc3n2)CC1. The Kier molecular flexibility index (Phi) is 5.87. The number of likely N-dealkylation sites (tertiary alicyclic amines) is 1. The summed E-state index contributed by atoms with van der Waals surface area (Å²) in [6, 6.07) is 10.6. The van der Waals surface area contributed by atoms with Crippen LogP contribution in [0.2, 0.25) is 0 Å². The van der Waals surface area contributed by atoms with E-state index in [0.29, 0.717) is 18.1 Å². The van der Waals surface area contributed by atoms with Gasteiger partial charge in [-0.1, -0.05) is 6.07 Å². The van der Waals surface area contributed by atoms with Gasteiger partial charge in [0.2, 0.25) is 0 Å². The van der Waals surface area contributed by atoms with Crippen molar-refractivity contribution in [2.75, 3.05) is 19.7 Å². The Morgan fingerprint density at radius 1 is 1.06 bits per heavy atom. The number of rotatable bonds is 6. The molecule has 31 heavy (non-hydrogen) atoms. The van der Waals surface area contributed by atoms with Gasteiger partial charge < -0.3 is 9.47 Å². The minimum absolute atomic E-state index is 0.0377. The average molecular weight is 423 g/mol. The van der Waals surface area contributed by atoms with Crippen LogP contribution in [-0.4, -0.2) is 41.7 Å². The summed E-state index contributed by atoms with van der Waals surface area (Å²) in [7, 11) is 0. The van der Waals surface area contributed by atoms with Crippen molar-refractivity contribution in [3.63, 3.8) is 0 Å². The Balaban J connectivity index is 1.16. The highest BCUT2D eigenvalue weighted by molar-refractivity contribution is 5.80. The zero-order chi connectivity index (χ0) is 21.3. The zero-order valence-corrected chi connectivity index (χ0v) is 18.6. The molecule has 5 rings (SSSR count). The van der Waals surface area contributed by atoms with Crippen LogP contribution in [-0.2, 0) is 16.1 Å². The van der Waals surface area contributed by atoms with Gasteiger partial charge in [-0.15, -0.1) is 0 Å². The Hall–Kier alpha value is -2.14. The van der Waals surface area contributed by atoms with Crippen molar-refractivity contribution in [3.05, 3.63) is 36.0 Å². The van der Waals surface area contributed by atoms with Crippen molar-refractivity contribution in [1.82, 2.24) is 9.88 Å². The quantitative estimate of drug-likeness (QED) is 0.606. The predicted octanol–water partition coefficient (Wildman–Crippen LogP) is 5.11. The number of carbonyl (C=O) groups is 1. The van der Waals surface area contributed by atoms with E-state index in [4.69, 9.17) is 14.5 Å². The lowest BCUT2D eigenvalue weighted by atomic mass is 9.85. The molecule has 0 amide bonds. The molecule has 1 spiro atoms. The van der Waals surface area contributed by atoms with Gasteiger partial charge >= 0.3 is 5.97 Å². The summed E-state index contributed by atoms with van der Waals surface area (Å²) in [4.78, 5) is 19.2. The van der Waals surface area contributed by atoms with Crippen LogP contribution < -0.4 is 4.74 Å². The first-order valence-corrected chi connectivity index (χ1v) is 12.1. The number of hydrogen-bond acceptors (Lipinski definition) is 5. The molecule has 2 heterocycles. The number of hydrogen-bond donors (Lipinski definition) is 0. The highest BCUT2D eigenvalue weighted by Gasteiger charge is 2.45. The number of carbonyl (C=O) groups excluding carboxylic acids is 1. The third-order valence-electron chi connectivity index (χ3n) is 7.56. The van der Waals surface area contributed by atoms with Crippen molar-refractivity contribution < 1.29 is 14.3 Å². The molecule has 2 aliphatic carbocycles. The average Bonchev–Trinajstić information content (AvgIpc) is 3.55. The van der Waals surface area contributed by atoms with E-state index in [1.807, 2.05) is 6.92 Å². The summed E-state index contributed by atoms with van der Waals surface area (Å²) in [5.41, 5.74) is 2.81. The van der Waals surface area contributed by atoms with Crippen LogP contribution in [0, 0.1) is 11.3 Å². The standard InChI is InChI=1S/C26H34N2O3/c1-2-30-25(29)19-9-15-28(16-10-19)18-21-4-3-20-17-23(5-6-24(20)27-21)31-22-7-11-26(12-8-22)13-14-26/h3-6,17,19,22H,2,7-16,18H2,1H3. The maximum atomic E-state index is 11.9. The highest BCUT2D eigenvalue weighted by Crippen LogP contribution is 2.56. The number of benzene rings is 1. The fourth-order valence-corrected chi connectivity index (χ4v) is 5.31. The monoisotopic (exact) mass is 422 g/mol. The second-order valence-corrected chi connectivity index (χ2v) is 9.78. The number of pyridine rings is 1. The predicted molar refractivity (Wildman–Crippen MR) is 121 cm³/mol. The first kappa shape index (κ1) is 20.7. The summed E-state index contributed by atoms with van der Waals surface area (Å²) < 4.78 is 11.5. The first-order valence-electron chi connectivity index (χ1n) is 12.1. The molecular weight excluding hydrogens is 388 g/mol. The number of aromatic nitrogens is 1. The number of piperidine rings is 1. The number of ether oxygens (including phenoxy) is 2. The number of esters is 1. The maximum absolute atomic E-state index is 11.9. The summed E-state index contributed by atoms with van der Waals surface area (Å²) in [5, 5.41) is 1.14. The largest absolute Gasteiger partial charge is 0.490 e. The van der Waals surface area contributed by atoms with Crippen molar-refractivity contribution in [3.8, 4) is 5.75 Å². The van der Waals surface area contributed by atoms with E-state index in [2.05, 4.69) is 35.2 Å². The van der Waals surface area contributed by atoms with Crippen LogP contribution in [0.15, 0.2) is 30.3 Å². The van der Waals surface area contributed by atoms with E-state index >= 15 is 0 Å². The Bertz CT molecular complexity index is 921. The fraction of sp³-hybridized carbons (Fsp3) is 0.615. The van der Waals surface area contributed by atoms with Gasteiger partial charge in [0.05, 0.1) is 29.8 Å². The summed E-state index contributed by atoms with van der Waals surface area (Å²) >= 11 is 0. The van der Waals surface area contributed by atoms with E-state index in [9.17, 15) is 4.79 Å². The molecule has 166 valence electrons. The molecule has 0 bridgehead atoms. The van der Waals surface area contributed by atoms with Gasteiger partial charge in [-0.05, 0) is 101 Å². The summed E-state index contributed by atoms with van der Waals surface area (Å²) in [5.74, 6) is 0.988. The topological polar surface area (TPSA) is 51.7 Å². The maximum Gasteiger partial charge on any atom is 0.309 e. The third kappa shape index (κ3) is 4.87. The van der Waals surface area contributed by atoms with Crippen LogP contribution >= 0.6 is 0 Å². The van der Waals surface area contributed by atoms with Crippen molar-refractivity contribution in [1.29, 1.82) is 0 Å². The molecule has 0 radical (unpaired) electrons. The lowest BCUT2D eigenvalue weighted by molar-refractivity contribution is -0.149. The van der Waals surface area contributed by atoms with Crippen LogP contribution in [0.25, 0.3) is 10.9 Å². The van der Waals surface area contributed by atoms with Gasteiger partial charge in [-0.3, -0.25) is 14.7 Å². The normalized spacial score (nSPS) is 22.0. The fourth-order valence-electron chi connectivity index (χ4n) is 5.31. The summed E-state index contributed by atoms with van der Waals surface area (Å²) in [6.07, 6.45) is 10.1. The highest BCUT2D eigenvalue weighted by atomic mass is 16.5. The van der Waals surface area contributed by atoms with Crippen LogP contribution in [0.5, 0.6) is 5.75 Å². The van der Waals surface area contributed by atoms with Gasteiger partial charge in [0.25, 0.3) is 0 Å². The van der Waals surface area contributed by atoms with E-state index in [1.165, 1.54) is 38.5 Å². The molecule has 5 heteroatoms. The minimum Gasteiger partial charge on any atom is -0.490 e. The molecule has 0 N–H and O–H groups in total. The summed E-state index contributed by atoms with van der Waals surface area (Å²) in [6.45, 7) is 4.99. The van der Waals surface area contributed by atoms with Crippen molar-refractivity contribution >= 4 is 16.9 Å². The first-order chi connectivity index (χ1) is 15.1. The van der Waals surface area contributed by atoms with Crippen molar-refractivity contribution in [2.24, 2.45) is 11.3 Å². The molecule has 3 aliphatic rings. The molecule has 1 saturated heterocycles. The Morgan fingerprint density at radius 2 is 1.84 bits per heavy atom. The second kappa shape index (κ2) is 8.78. The molecule has 1 aromatic carbocycles. The molecular formula is C26H34N2O3. The molecule has 1 aliphatic heterocycles. The molecule has 0 atom stereocenters. The van der Waals surface area contributed by atoms with Gasteiger partial charge in [0.15, 0.2) is 0 Å². The zero-order valence-electron chi connectivity index (χ0n) is 18.6. The molecule has 3 fully saturated rings. The van der Waals surface area contributed by atoms with Gasteiger partial charge in [0, 0.05) is 11.9 Å². The molecule has 5 nitrogen and oxygen atoms in total. The Morgan fingerprint density at radius 3 is 2.55 bits per heavy atom. The van der Waals surface area contributed by atoms with Crippen LogP contribution in [0.1, 0.15) is 64.0 Å². The van der Waals surface area contributed by atoms with E-state index in [0.717, 1.165) is 54.8 Å². The second-order valence-electron chi connectivity index (χ2n) is 9.78. The van der Waals surface area contributed by atoms with Gasteiger partial charge in [-0.25, -0.2) is 0 Å². The Labute approximate surface area is 185 Å². The molecule has 1 aromatic heterocycles. The van der Waals surface area contributed by atoms with E-state index in [-0.39, 0.29) is 11.9 Å². The van der Waals surface area contributed by atoms with Crippen LogP contribution in [0.3, 0.4) is 0 Å². The third-order valence-corrected chi connectivity index (χ3v) is 7.56. The lowest BCUT2D eigenvalue weighted by Crippen LogP contribution is -2.36. The van der Waals surface area contributed by atoms with Gasteiger partial charge in [-0.2, -0.15) is 0 Å². The molecule has 2 saturated carbocycles. The smallest absolute Gasteiger partial charge is 0.309 e. The number of fused-ring (bicyclic) bond motifs is 1. The van der Waals surface area contributed by atoms with Gasteiger partial charge in [0.1, 0.15) is 5.75 Å². The minimum atomic E-state index is -0.0377. The van der Waals surface area contributed by atoms with E-state index < -0.39 is 0 Å².